The van der Waals surface area contributed by atoms with Gasteiger partial charge in [-0.2, -0.15) is 0 Å². The van der Waals surface area contributed by atoms with Gasteiger partial charge in [0.15, 0.2) is 0 Å². The summed E-state index contributed by atoms with van der Waals surface area (Å²) in [6.45, 7) is 7.75. The first-order valence-electron chi connectivity index (χ1n) is 12.6. The van der Waals surface area contributed by atoms with Gasteiger partial charge >= 0.3 is 0 Å². The van der Waals surface area contributed by atoms with Gasteiger partial charge < -0.3 is 10.1 Å². The standard InChI is InChI=1S/C29H35N3O3S/c1-18-15-19(2)17-24(16-18)32(29(34)27-20(3)30-21(4)36-27)26(22-11-13-25(35-5)14-12-22)28(33)31-23-9-7-6-8-10-23/h11-17,23,26H,6-10H2,1-5H3,(H,31,33). The van der Waals surface area contributed by atoms with Gasteiger partial charge in [-0.25, -0.2) is 4.98 Å². The van der Waals surface area contributed by atoms with Crippen molar-refractivity contribution >= 4 is 28.8 Å². The third-order valence-corrected chi connectivity index (χ3v) is 7.75. The van der Waals surface area contributed by atoms with Crippen LogP contribution in [-0.4, -0.2) is 29.9 Å². The van der Waals surface area contributed by atoms with E-state index in [2.05, 4.69) is 16.4 Å². The number of carbonyl (C=O) groups excluding carboxylic acids is 2. The van der Waals surface area contributed by atoms with Crippen molar-refractivity contribution in [2.45, 2.75) is 71.9 Å². The first-order chi connectivity index (χ1) is 17.3. The highest BCUT2D eigenvalue weighted by atomic mass is 32.1. The number of carbonyl (C=O) groups is 2. The van der Waals surface area contributed by atoms with E-state index in [-0.39, 0.29) is 17.9 Å². The summed E-state index contributed by atoms with van der Waals surface area (Å²) in [4.78, 5) is 35.0. The van der Waals surface area contributed by atoms with Crippen LogP contribution in [0.1, 0.15) is 75.2 Å². The highest BCUT2D eigenvalue weighted by Crippen LogP contribution is 2.34. The minimum atomic E-state index is -0.840. The minimum Gasteiger partial charge on any atom is -0.497 e. The topological polar surface area (TPSA) is 71.5 Å². The lowest BCUT2D eigenvalue weighted by molar-refractivity contribution is -0.123. The number of ether oxygens (including phenoxy) is 1. The predicted molar refractivity (Wildman–Crippen MR) is 145 cm³/mol. The molecule has 1 atom stereocenters. The fourth-order valence-electron chi connectivity index (χ4n) is 5.04. The van der Waals surface area contributed by atoms with E-state index in [1.54, 1.807) is 12.0 Å². The molecular weight excluding hydrogens is 470 g/mol. The summed E-state index contributed by atoms with van der Waals surface area (Å²) in [5.74, 6) is 0.310. The van der Waals surface area contributed by atoms with Crippen LogP contribution in [-0.2, 0) is 4.79 Å². The Hall–Kier alpha value is -3.19. The van der Waals surface area contributed by atoms with Crippen LogP contribution in [0.15, 0.2) is 42.5 Å². The van der Waals surface area contributed by atoms with Crippen molar-refractivity contribution in [1.82, 2.24) is 10.3 Å². The molecule has 3 aromatic rings. The van der Waals surface area contributed by atoms with Crippen molar-refractivity contribution in [1.29, 1.82) is 0 Å². The van der Waals surface area contributed by atoms with E-state index < -0.39 is 6.04 Å². The number of thiazole rings is 1. The normalized spacial score (nSPS) is 14.8. The van der Waals surface area contributed by atoms with E-state index >= 15 is 0 Å². The van der Waals surface area contributed by atoms with Crippen LogP contribution in [0, 0.1) is 27.7 Å². The van der Waals surface area contributed by atoms with E-state index in [1.165, 1.54) is 17.8 Å². The molecule has 2 aromatic carbocycles. The van der Waals surface area contributed by atoms with Crippen molar-refractivity contribution in [3.63, 3.8) is 0 Å². The minimum absolute atomic E-state index is 0.121. The Morgan fingerprint density at radius 3 is 2.19 bits per heavy atom. The Morgan fingerprint density at radius 2 is 1.64 bits per heavy atom. The van der Waals surface area contributed by atoms with Crippen LogP contribution in [0.4, 0.5) is 5.69 Å². The molecule has 0 spiro atoms. The maximum absolute atomic E-state index is 14.2. The molecule has 0 radical (unpaired) electrons. The van der Waals surface area contributed by atoms with Crippen molar-refractivity contribution in [3.05, 3.63) is 74.7 Å². The molecule has 6 nitrogen and oxygen atoms in total. The molecule has 0 aliphatic heterocycles. The number of hydrogen-bond acceptors (Lipinski definition) is 5. The fourth-order valence-corrected chi connectivity index (χ4v) is 5.90. The first kappa shape index (κ1) is 25.9. The van der Waals surface area contributed by atoms with Crippen molar-refractivity contribution in [3.8, 4) is 5.75 Å². The zero-order chi connectivity index (χ0) is 25.8. The van der Waals surface area contributed by atoms with Crippen molar-refractivity contribution in [2.24, 2.45) is 0 Å². The molecule has 1 heterocycles. The Balaban J connectivity index is 1.85. The van der Waals surface area contributed by atoms with Crippen LogP contribution in [0.25, 0.3) is 0 Å². The van der Waals surface area contributed by atoms with Gasteiger partial charge in [0, 0.05) is 11.7 Å². The number of benzene rings is 2. The molecule has 4 rings (SSSR count). The molecule has 0 bridgehead atoms. The Labute approximate surface area is 217 Å². The van der Waals surface area contributed by atoms with E-state index in [4.69, 9.17) is 4.74 Å². The SMILES string of the molecule is COc1ccc(C(C(=O)NC2CCCCC2)N(C(=O)c2sc(C)nc2C)c2cc(C)cc(C)c2)cc1. The molecule has 1 fully saturated rings. The van der Waals surface area contributed by atoms with Gasteiger partial charge in [0.25, 0.3) is 5.91 Å². The number of aryl methyl sites for hydroxylation is 4. The quantitative estimate of drug-likeness (QED) is 0.414. The van der Waals surface area contributed by atoms with Crippen LogP contribution < -0.4 is 15.0 Å². The number of amides is 2. The zero-order valence-electron chi connectivity index (χ0n) is 21.8. The maximum Gasteiger partial charge on any atom is 0.271 e. The fraction of sp³-hybridized carbons (Fsp3) is 0.414. The average Bonchev–Trinajstić information content (AvgIpc) is 3.19. The van der Waals surface area contributed by atoms with Crippen LogP contribution >= 0.6 is 11.3 Å². The average molecular weight is 506 g/mol. The summed E-state index contributed by atoms with van der Waals surface area (Å²) in [7, 11) is 1.61. The number of nitrogens with one attached hydrogen (secondary N) is 1. The molecule has 1 aliphatic rings. The Morgan fingerprint density at radius 1 is 1.00 bits per heavy atom. The molecule has 0 saturated heterocycles. The number of hydrogen-bond donors (Lipinski definition) is 1. The summed E-state index contributed by atoms with van der Waals surface area (Å²) >= 11 is 1.37. The number of rotatable bonds is 7. The molecule has 7 heteroatoms. The molecule has 1 N–H and O–H groups in total. The lowest BCUT2D eigenvalue weighted by atomic mass is 9.94. The largest absolute Gasteiger partial charge is 0.497 e. The van der Waals surface area contributed by atoms with Crippen LogP contribution in [0.2, 0.25) is 0 Å². The third kappa shape index (κ3) is 5.78. The van der Waals surface area contributed by atoms with Crippen LogP contribution in [0.3, 0.4) is 0 Å². The number of nitrogens with zero attached hydrogens (tertiary/aromatic N) is 2. The first-order valence-corrected chi connectivity index (χ1v) is 13.4. The summed E-state index contributed by atoms with van der Waals surface area (Å²) in [6.07, 6.45) is 5.34. The summed E-state index contributed by atoms with van der Waals surface area (Å²) in [5, 5.41) is 4.10. The van der Waals surface area contributed by atoms with Gasteiger partial charge in [0.05, 0.1) is 17.8 Å². The molecule has 2 amide bonds. The van der Waals surface area contributed by atoms with Crippen molar-refractivity contribution < 1.29 is 14.3 Å². The summed E-state index contributed by atoms with van der Waals surface area (Å²) in [6, 6.07) is 12.7. The molecule has 190 valence electrons. The highest BCUT2D eigenvalue weighted by Gasteiger charge is 2.36. The van der Waals surface area contributed by atoms with Crippen molar-refractivity contribution in [2.75, 3.05) is 12.0 Å². The smallest absolute Gasteiger partial charge is 0.271 e. The Kier molecular flexibility index (Phi) is 8.09. The monoisotopic (exact) mass is 505 g/mol. The third-order valence-electron chi connectivity index (χ3n) is 6.69. The van der Waals surface area contributed by atoms with Gasteiger partial charge in [-0.15, -0.1) is 11.3 Å². The van der Waals surface area contributed by atoms with Gasteiger partial charge in [-0.3, -0.25) is 14.5 Å². The number of anilines is 1. The molecule has 1 unspecified atom stereocenters. The van der Waals surface area contributed by atoms with E-state index in [1.807, 2.05) is 64.1 Å². The maximum atomic E-state index is 14.2. The molecule has 1 aromatic heterocycles. The predicted octanol–water partition coefficient (Wildman–Crippen LogP) is 6.22. The van der Waals surface area contributed by atoms with Gasteiger partial charge in [-0.1, -0.05) is 37.5 Å². The Bertz CT molecular complexity index is 1210. The van der Waals surface area contributed by atoms with Gasteiger partial charge in [0.2, 0.25) is 5.91 Å². The van der Waals surface area contributed by atoms with E-state index in [9.17, 15) is 9.59 Å². The van der Waals surface area contributed by atoms with Gasteiger partial charge in [0.1, 0.15) is 16.7 Å². The zero-order valence-corrected chi connectivity index (χ0v) is 22.6. The molecule has 1 saturated carbocycles. The second-order valence-electron chi connectivity index (χ2n) is 9.69. The van der Waals surface area contributed by atoms with E-state index in [0.29, 0.717) is 22.0 Å². The number of methoxy groups -OCH3 is 1. The lowest BCUT2D eigenvalue weighted by Gasteiger charge is -2.33. The van der Waals surface area contributed by atoms with Crippen LogP contribution in [0.5, 0.6) is 5.75 Å². The molecule has 1 aliphatic carbocycles. The highest BCUT2D eigenvalue weighted by molar-refractivity contribution is 7.13. The van der Waals surface area contributed by atoms with E-state index in [0.717, 1.165) is 47.4 Å². The lowest BCUT2D eigenvalue weighted by Crippen LogP contribution is -2.47. The second kappa shape index (κ2) is 11.2. The second-order valence-corrected chi connectivity index (χ2v) is 10.9. The van der Waals surface area contributed by atoms with Gasteiger partial charge in [-0.05, 0) is 81.5 Å². The molecule has 36 heavy (non-hydrogen) atoms. The number of aromatic nitrogens is 1. The summed E-state index contributed by atoms with van der Waals surface area (Å²) < 4.78 is 5.36. The summed E-state index contributed by atoms with van der Waals surface area (Å²) in [5.41, 5.74) is 4.17. The molecular formula is C29H35N3O3S.